The van der Waals surface area contributed by atoms with Gasteiger partial charge < -0.3 is 10.2 Å². The summed E-state index contributed by atoms with van der Waals surface area (Å²) in [5, 5.41) is 3.97. The second kappa shape index (κ2) is 14.9. The lowest BCUT2D eigenvalue weighted by molar-refractivity contribution is -0.140. The highest BCUT2D eigenvalue weighted by Gasteiger charge is 2.34. The van der Waals surface area contributed by atoms with Crippen molar-refractivity contribution in [2.24, 2.45) is 0 Å². The molecule has 0 saturated heterocycles. The number of anilines is 1. The summed E-state index contributed by atoms with van der Waals surface area (Å²) in [6, 6.07) is 16.6. The molecule has 2 amide bonds. The molecule has 1 N–H and O–H groups in total. The highest BCUT2D eigenvalue weighted by atomic mass is 35.5. The molecular weight excluding hydrogens is 605 g/mol. The van der Waals surface area contributed by atoms with Gasteiger partial charge in [-0.3, -0.25) is 13.9 Å². The number of carbonyl (C=O) groups excluding carboxylic acids is 2. The summed E-state index contributed by atoms with van der Waals surface area (Å²) >= 11 is 19.0. The number of hydrogen-bond acceptors (Lipinski definition) is 4. The van der Waals surface area contributed by atoms with Gasteiger partial charge in [-0.1, -0.05) is 78.8 Å². The van der Waals surface area contributed by atoms with Gasteiger partial charge in [0.05, 0.1) is 10.6 Å². The fourth-order valence-corrected chi connectivity index (χ4v) is 6.31. The lowest BCUT2D eigenvalue weighted by atomic mass is 10.1. The first-order chi connectivity index (χ1) is 19.5. The Labute approximate surface area is 257 Å². The van der Waals surface area contributed by atoms with Crippen molar-refractivity contribution < 1.29 is 18.0 Å². The Hall–Kier alpha value is -2.78. The Balaban J connectivity index is 2.07. The van der Waals surface area contributed by atoms with Crippen molar-refractivity contribution in [3.63, 3.8) is 0 Å². The van der Waals surface area contributed by atoms with Crippen LogP contribution in [0.5, 0.6) is 0 Å². The Morgan fingerprint density at radius 2 is 1.51 bits per heavy atom. The van der Waals surface area contributed by atoms with Crippen LogP contribution in [0.15, 0.2) is 71.6 Å². The number of hydrogen-bond donors (Lipinski definition) is 1. The molecule has 41 heavy (non-hydrogen) atoms. The van der Waals surface area contributed by atoms with E-state index in [-0.39, 0.29) is 29.5 Å². The summed E-state index contributed by atoms with van der Waals surface area (Å²) in [5.74, 6) is -0.930. The van der Waals surface area contributed by atoms with Crippen molar-refractivity contribution >= 4 is 62.3 Å². The summed E-state index contributed by atoms with van der Waals surface area (Å²) in [6.45, 7) is 5.45. The molecule has 3 rings (SSSR count). The second-order valence-electron chi connectivity index (χ2n) is 9.59. The number of nitrogens with zero attached hydrogens (tertiary/aromatic N) is 2. The molecule has 1 atom stereocenters. The maximum atomic E-state index is 14.1. The van der Waals surface area contributed by atoms with E-state index in [1.54, 1.807) is 49.4 Å². The van der Waals surface area contributed by atoms with E-state index in [1.165, 1.54) is 29.2 Å². The van der Waals surface area contributed by atoms with Crippen LogP contribution in [0.3, 0.4) is 0 Å². The first-order valence-electron chi connectivity index (χ1n) is 13.3. The van der Waals surface area contributed by atoms with E-state index in [2.05, 4.69) is 5.32 Å². The quantitative estimate of drug-likeness (QED) is 0.207. The monoisotopic (exact) mass is 637 g/mol. The van der Waals surface area contributed by atoms with Crippen molar-refractivity contribution in [2.45, 2.75) is 57.5 Å². The van der Waals surface area contributed by atoms with Crippen molar-refractivity contribution in [3.05, 3.63) is 92.9 Å². The molecule has 0 spiro atoms. The smallest absolute Gasteiger partial charge is 0.264 e. The van der Waals surface area contributed by atoms with E-state index in [4.69, 9.17) is 34.8 Å². The van der Waals surface area contributed by atoms with E-state index in [1.807, 2.05) is 13.8 Å². The highest BCUT2D eigenvalue weighted by Crippen LogP contribution is 2.29. The van der Waals surface area contributed by atoms with E-state index >= 15 is 0 Å². The van der Waals surface area contributed by atoms with Crippen molar-refractivity contribution in [3.8, 4) is 0 Å². The molecule has 0 bridgehead atoms. The Morgan fingerprint density at radius 3 is 2.07 bits per heavy atom. The number of sulfonamides is 1. The molecule has 0 aliphatic rings. The van der Waals surface area contributed by atoms with Crippen LogP contribution >= 0.6 is 34.8 Å². The van der Waals surface area contributed by atoms with Gasteiger partial charge in [-0.05, 0) is 68.3 Å². The number of benzene rings is 3. The van der Waals surface area contributed by atoms with Crippen LogP contribution in [0, 0.1) is 6.92 Å². The van der Waals surface area contributed by atoms with Crippen molar-refractivity contribution in [2.75, 3.05) is 17.4 Å². The average molecular weight is 639 g/mol. The topological polar surface area (TPSA) is 86.8 Å². The summed E-state index contributed by atoms with van der Waals surface area (Å²) in [4.78, 5) is 28.8. The third-order valence-electron chi connectivity index (χ3n) is 6.61. The molecule has 0 fully saturated rings. The van der Waals surface area contributed by atoms with Crippen molar-refractivity contribution in [1.29, 1.82) is 0 Å². The zero-order valence-corrected chi connectivity index (χ0v) is 26.3. The number of carbonyl (C=O) groups is 2. The molecule has 0 aliphatic carbocycles. The van der Waals surface area contributed by atoms with Crippen LogP contribution < -0.4 is 9.62 Å². The molecule has 220 valence electrons. The summed E-state index contributed by atoms with van der Waals surface area (Å²) in [7, 11) is -4.18. The second-order valence-corrected chi connectivity index (χ2v) is 12.7. The maximum Gasteiger partial charge on any atom is 0.264 e. The van der Waals surface area contributed by atoms with Gasteiger partial charge in [0.2, 0.25) is 11.8 Å². The number of rotatable bonds is 13. The van der Waals surface area contributed by atoms with Crippen LogP contribution in [0.25, 0.3) is 0 Å². The van der Waals surface area contributed by atoms with E-state index in [0.29, 0.717) is 27.2 Å². The lowest BCUT2D eigenvalue weighted by Crippen LogP contribution is -2.52. The first kappa shape index (κ1) is 32.7. The summed E-state index contributed by atoms with van der Waals surface area (Å²) < 4.78 is 28.8. The SMILES string of the molecule is CCCCNC(=O)C(CC)N(Cc1c(Cl)cccc1Cl)C(=O)CN(c1ccc(Cl)cc1)S(=O)(=O)c1ccc(C)cc1. The predicted molar refractivity (Wildman–Crippen MR) is 166 cm³/mol. The predicted octanol–water partition coefficient (Wildman–Crippen LogP) is 6.87. The van der Waals surface area contributed by atoms with Gasteiger partial charge in [-0.2, -0.15) is 0 Å². The van der Waals surface area contributed by atoms with Crippen LogP contribution in [-0.4, -0.2) is 44.3 Å². The third kappa shape index (κ3) is 8.38. The largest absolute Gasteiger partial charge is 0.354 e. The fourth-order valence-electron chi connectivity index (χ4n) is 4.25. The first-order valence-corrected chi connectivity index (χ1v) is 15.9. The van der Waals surface area contributed by atoms with Gasteiger partial charge in [-0.15, -0.1) is 0 Å². The molecule has 7 nitrogen and oxygen atoms in total. The number of unbranched alkanes of at least 4 members (excludes halogenated alkanes) is 1. The zero-order chi connectivity index (χ0) is 30.2. The lowest BCUT2D eigenvalue weighted by Gasteiger charge is -2.33. The Kier molecular flexibility index (Phi) is 11.9. The van der Waals surface area contributed by atoms with E-state index < -0.39 is 28.5 Å². The van der Waals surface area contributed by atoms with Gasteiger partial charge in [0.15, 0.2) is 0 Å². The van der Waals surface area contributed by atoms with Gasteiger partial charge >= 0.3 is 0 Å². The van der Waals surface area contributed by atoms with Crippen LogP contribution in [0.2, 0.25) is 15.1 Å². The Bertz CT molecular complexity index is 1430. The molecular formula is C30H34Cl3N3O4S. The number of halogens is 3. The van der Waals surface area contributed by atoms with Gasteiger partial charge in [-0.25, -0.2) is 8.42 Å². The summed E-state index contributed by atoms with van der Waals surface area (Å²) in [6.07, 6.45) is 1.96. The van der Waals surface area contributed by atoms with Crippen LogP contribution in [0.4, 0.5) is 5.69 Å². The standard InChI is InChI=1S/C30H34Cl3N3O4S/c1-4-6-18-34-30(38)28(5-2)35(19-25-26(32)8-7-9-27(25)33)29(37)20-36(23-14-12-22(31)13-15-23)41(39,40)24-16-10-21(3)11-17-24/h7-17,28H,4-6,18-20H2,1-3H3,(H,34,38). The molecule has 11 heteroatoms. The van der Waals surface area contributed by atoms with Crippen LogP contribution in [-0.2, 0) is 26.2 Å². The molecule has 0 aliphatic heterocycles. The van der Waals surface area contributed by atoms with Gasteiger partial charge in [0.1, 0.15) is 12.6 Å². The van der Waals surface area contributed by atoms with Gasteiger partial charge in [0, 0.05) is 33.7 Å². The third-order valence-corrected chi connectivity index (χ3v) is 9.36. The molecule has 3 aromatic rings. The van der Waals surface area contributed by atoms with Gasteiger partial charge in [0.25, 0.3) is 10.0 Å². The van der Waals surface area contributed by atoms with E-state index in [0.717, 1.165) is 22.7 Å². The normalized spacial score (nSPS) is 12.0. The Morgan fingerprint density at radius 1 is 0.902 bits per heavy atom. The van der Waals surface area contributed by atoms with Crippen molar-refractivity contribution in [1.82, 2.24) is 10.2 Å². The average Bonchev–Trinajstić information content (AvgIpc) is 2.94. The molecule has 0 aromatic heterocycles. The number of nitrogens with one attached hydrogen (secondary N) is 1. The fraction of sp³-hybridized carbons (Fsp3) is 0.333. The molecule has 1 unspecified atom stereocenters. The molecule has 0 saturated carbocycles. The molecule has 0 heterocycles. The van der Waals surface area contributed by atoms with Crippen LogP contribution in [0.1, 0.15) is 44.2 Å². The summed E-state index contributed by atoms with van der Waals surface area (Å²) in [5.41, 5.74) is 1.60. The minimum Gasteiger partial charge on any atom is -0.354 e. The minimum absolute atomic E-state index is 0.0240. The molecule has 0 radical (unpaired) electrons. The number of aryl methyl sites for hydroxylation is 1. The zero-order valence-electron chi connectivity index (χ0n) is 23.2. The van der Waals surface area contributed by atoms with E-state index in [9.17, 15) is 18.0 Å². The minimum atomic E-state index is -4.18. The maximum absolute atomic E-state index is 14.1. The highest BCUT2D eigenvalue weighted by molar-refractivity contribution is 7.92. The molecule has 3 aromatic carbocycles. The number of amides is 2.